The Morgan fingerprint density at radius 1 is 0.467 bits per heavy atom. The van der Waals surface area contributed by atoms with Crippen molar-refractivity contribution in [3.63, 3.8) is 0 Å². The maximum atomic E-state index is 13.0. The van der Waals surface area contributed by atoms with Crippen LogP contribution in [0.1, 0.15) is 75.6 Å². The number of hydrogen-bond donors (Lipinski definition) is 0. The number of ether oxygens (including phenoxy) is 4. The predicted molar refractivity (Wildman–Crippen MR) is 354 cm³/mol. The molecule has 0 saturated carbocycles. The second kappa shape index (κ2) is 30.4. The third-order valence-corrected chi connectivity index (χ3v) is 18.9. The van der Waals surface area contributed by atoms with Crippen molar-refractivity contribution >= 4 is 88.0 Å². The van der Waals surface area contributed by atoms with Gasteiger partial charge in [0.15, 0.2) is 13.5 Å². The number of rotatable bonds is 31. The first kappa shape index (κ1) is 61.8. The second-order valence-electron chi connectivity index (χ2n) is 23.3. The smallest absolute Gasteiger partial charge is 0.307 e. The zero-order valence-electron chi connectivity index (χ0n) is 50.9. The normalized spacial score (nSPS) is 14.1. The summed E-state index contributed by atoms with van der Waals surface area (Å²) in [6, 6.07) is 35.6. The Morgan fingerprint density at radius 2 is 0.900 bits per heavy atom. The van der Waals surface area contributed by atoms with E-state index in [2.05, 4.69) is 99.5 Å². The van der Waals surface area contributed by atoms with E-state index in [4.69, 9.17) is 18.9 Å². The van der Waals surface area contributed by atoms with Crippen LogP contribution in [0.4, 0.5) is 11.4 Å². The Kier molecular flexibility index (Phi) is 20.9. The van der Waals surface area contributed by atoms with E-state index in [-0.39, 0.29) is 37.4 Å². The van der Waals surface area contributed by atoms with Crippen LogP contribution in [0.25, 0.3) is 42.0 Å². The topological polar surface area (TPSA) is 189 Å². The lowest BCUT2D eigenvalue weighted by Gasteiger charge is -2.36. The largest absolute Gasteiger partial charge is 0.494 e. The van der Waals surface area contributed by atoms with Crippen molar-refractivity contribution in [1.82, 2.24) is 48.9 Å². The van der Waals surface area contributed by atoms with E-state index in [1.54, 1.807) is 34.8 Å². The molecule has 2 aliphatic heterocycles. The number of esters is 2. The number of piperazine rings is 2. The second-order valence-corrected chi connectivity index (χ2v) is 25.2. The Morgan fingerprint density at radius 3 is 1.36 bits per heavy atom. The van der Waals surface area contributed by atoms with Crippen molar-refractivity contribution in [2.24, 2.45) is 0 Å². The van der Waals surface area contributed by atoms with E-state index in [9.17, 15) is 19.2 Å². The Bertz CT molecular complexity index is 3870. The van der Waals surface area contributed by atoms with E-state index in [0.29, 0.717) is 74.5 Å². The highest BCUT2D eigenvalue weighted by Gasteiger charge is 2.21. The van der Waals surface area contributed by atoms with E-state index < -0.39 is 11.9 Å². The van der Waals surface area contributed by atoms with Crippen LogP contribution in [0.15, 0.2) is 142 Å². The number of carbonyl (C=O) groups excluding carboxylic acids is 2. The van der Waals surface area contributed by atoms with Crippen molar-refractivity contribution < 1.29 is 28.5 Å². The first-order valence-corrected chi connectivity index (χ1v) is 33.5. The fourth-order valence-corrected chi connectivity index (χ4v) is 13.7. The summed E-state index contributed by atoms with van der Waals surface area (Å²) in [6.07, 6.45) is 11.9. The summed E-state index contributed by atoms with van der Waals surface area (Å²) in [5.41, 5.74) is 5.03. The first-order valence-electron chi connectivity index (χ1n) is 31.7. The van der Waals surface area contributed by atoms with Crippen molar-refractivity contribution in [2.45, 2.75) is 104 Å². The minimum atomic E-state index is -0.396. The lowest BCUT2D eigenvalue weighted by Crippen LogP contribution is -2.46. The zero-order valence-corrected chi connectivity index (χ0v) is 52.6. The van der Waals surface area contributed by atoms with Gasteiger partial charge in [-0.05, 0) is 172 Å². The lowest BCUT2D eigenvalue weighted by atomic mass is 10.2. The highest BCUT2D eigenvalue weighted by atomic mass is 32.1. The summed E-state index contributed by atoms with van der Waals surface area (Å²) >= 11 is 3.59. The summed E-state index contributed by atoms with van der Waals surface area (Å²) in [4.78, 5) is 61.9. The van der Waals surface area contributed by atoms with E-state index in [1.807, 2.05) is 58.2 Å². The van der Waals surface area contributed by atoms with Crippen molar-refractivity contribution in [2.75, 3.05) is 88.5 Å². The SMILES string of the molecule is O=C(CCCc1cn(CCCCn2cc(CCCC(=O)OCn3c(=O)ccc4ccc(OCCCCN5CCN(c6cccc7sccc67)CC5)cc43)nn2)nn1)OCn1c(=O)ccc2ccc(OCCCCN3CCN(c4cccc5sccc45)CC3)cc21. The van der Waals surface area contributed by atoms with Crippen LogP contribution >= 0.6 is 22.7 Å². The third kappa shape index (κ3) is 16.1. The maximum Gasteiger partial charge on any atom is 0.307 e. The molecule has 0 amide bonds. The fraction of sp³-hybridized carbons (Fsp3) is 0.412. The third-order valence-electron chi connectivity index (χ3n) is 17.1. The number of benzene rings is 4. The van der Waals surface area contributed by atoms with Crippen LogP contribution in [-0.4, -0.2) is 140 Å². The number of thiophene rings is 2. The molecule has 0 atom stereocenters. The lowest BCUT2D eigenvalue weighted by molar-refractivity contribution is -0.148. The van der Waals surface area contributed by atoms with E-state index >= 15 is 0 Å². The summed E-state index contributed by atoms with van der Waals surface area (Å²) in [5.74, 6) is 0.552. The molecule has 4 aromatic carbocycles. The number of nitrogens with zero attached hydrogens (tertiary/aromatic N) is 12. The Balaban J connectivity index is 0.495. The maximum absolute atomic E-state index is 13.0. The molecule has 0 radical (unpaired) electrons. The number of aryl methyl sites for hydroxylation is 4. The molecule has 0 aliphatic carbocycles. The van der Waals surface area contributed by atoms with Gasteiger partial charge in [-0.25, -0.2) is 0 Å². The number of carbonyl (C=O) groups is 2. The van der Waals surface area contributed by atoms with Crippen molar-refractivity contribution in [3.8, 4) is 11.5 Å². The van der Waals surface area contributed by atoms with Gasteiger partial charge in [0.2, 0.25) is 0 Å². The molecular weight excluding hydrogens is 1180 g/mol. The predicted octanol–water partition coefficient (Wildman–Crippen LogP) is 10.4. The molecule has 0 unspecified atom stereocenters. The number of fused-ring (bicyclic) bond motifs is 4. The molecule has 0 bridgehead atoms. The quantitative estimate of drug-likeness (QED) is 0.0294. The molecule has 2 fully saturated rings. The molecular formula is C68H78N12O8S2. The van der Waals surface area contributed by atoms with Crippen molar-refractivity contribution in [1.29, 1.82) is 0 Å². The number of anilines is 2. The molecule has 6 aromatic heterocycles. The Labute approximate surface area is 530 Å². The van der Waals surface area contributed by atoms with Gasteiger partial charge in [-0.15, -0.1) is 32.9 Å². The van der Waals surface area contributed by atoms with Gasteiger partial charge in [0.05, 0.1) is 35.6 Å². The summed E-state index contributed by atoms with van der Waals surface area (Å²) in [5, 5.41) is 25.9. The minimum Gasteiger partial charge on any atom is -0.494 e. The van der Waals surface area contributed by atoms with Crippen LogP contribution in [-0.2, 0) is 58.5 Å². The fourth-order valence-electron chi connectivity index (χ4n) is 12.1. The van der Waals surface area contributed by atoms with Crippen LogP contribution in [0.5, 0.6) is 11.5 Å². The van der Waals surface area contributed by atoms with Gasteiger partial charge in [0.25, 0.3) is 11.1 Å². The average Bonchev–Trinajstić information content (AvgIpc) is 1.47. The molecule has 90 heavy (non-hydrogen) atoms. The monoisotopic (exact) mass is 1250 g/mol. The molecule has 12 rings (SSSR count). The average molecular weight is 1260 g/mol. The number of pyridine rings is 2. The molecule has 0 spiro atoms. The molecule has 10 aromatic rings. The highest BCUT2D eigenvalue weighted by molar-refractivity contribution is 7.17. The molecule has 0 N–H and O–H groups in total. The molecule has 22 heteroatoms. The van der Waals surface area contributed by atoms with Gasteiger partial charge in [-0.1, -0.05) is 22.6 Å². The minimum absolute atomic E-state index is 0.174. The van der Waals surface area contributed by atoms with Gasteiger partial charge < -0.3 is 28.7 Å². The Hall–Kier alpha value is -8.44. The van der Waals surface area contributed by atoms with Crippen LogP contribution in [0.2, 0.25) is 0 Å². The summed E-state index contributed by atoms with van der Waals surface area (Å²) in [7, 11) is 0. The highest BCUT2D eigenvalue weighted by Crippen LogP contribution is 2.33. The summed E-state index contributed by atoms with van der Waals surface area (Å²) < 4.78 is 32.8. The van der Waals surface area contributed by atoms with Gasteiger partial charge >= 0.3 is 11.9 Å². The number of aromatic nitrogens is 8. The molecule has 2 aliphatic rings. The van der Waals surface area contributed by atoms with Crippen LogP contribution < -0.4 is 30.4 Å². The van der Waals surface area contributed by atoms with Crippen LogP contribution in [0.3, 0.4) is 0 Å². The zero-order chi connectivity index (χ0) is 61.4. The van der Waals surface area contributed by atoms with E-state index in [1.165, 1.54) is 52.8 Å². The number of unbranched alkanes of at least 4 members (excludes halogenated alkanes) is 3. The van der Waals surface area contributed by atoms with E-state index in [0.717, 1.165) is 126 Å². The molecule has 20 nitrogen and oxygen atoms in total. The van der Waals surface area contributed by atoms with Gasteiger partial charge in [-0.3, -0.25) is 47.5 Å². The van der Waals surface area contributed by atoms with Crippen LogP contribution in [0, 0.1) is 0 Å². The van der Waals surface area contributed by atoms with Crippen molar-refractivity contribution in [3.05, 3.63) is 164 Å². The molecule has 8 heterocycles. The molecule has 2 saturated heterocycles. The molecule has 470 valence electrons. The van der Waals surface area contributed by atoms with Gasteiger partial charge in [0.1, 0.15) is 11.5 Å². The summed E-state index contributed by atoms with van der Waals surface area (Å²) in [6.45, 7) is 12.4. The van der Waals surface area contributed by atoms with Gasteiger partial charge in [0, 0.05) is 146 Å². The standard InChI is InChI=1S/C68H78N12O8S2/c81-65-25-21-51-19-23-55(85-41-5-3-29-73-33-37-75(38-34-73)59-13-9-15-63-57(59)27-43-89-63)45-61(51)79(65)49-87-67(83)17-7-11-53-47-77(71-69-53)31-1-2-32-78-48-54(70-72-78)12-8-18-68(84)88-50-80-62-46-56(24-20-52(62)22-26-66(80)82)86-42-6-4-30-74-35-39-76(40-36-74)60-14-10-16-64-58(60)28-44-90-64/h9-10,13-16,19-28,43-48H,1-8,11-12,17-18,29-42,49-50H2. The van der Waals surface area contributed by atoms with Gasteiger partial charge in [-0.2, -0.15) is 0 Å². The first-order chi connectivity index (χ1) is 44.2. The number of hydrogen-bond acceptors (Lipinski definition) is 18.